The number of ether oxygens (including phenoxy) is 1. The van der Waals surface area contributed by atoms with E-state index >= 15 is 0 Å². The molecule has 4 heteroatoms. The maximum absolute atomic E-state index is 10.9. The Morgan fingerprint density at radius 1 is 1.71 bits per heavy atom. The number of ketones is 1. The van der Waals surface area contributed by atoms with Crippen molar-refractivity contribution in [2.45, 2.75) is 32.4 Å². The molecule has 1 saturated heterocycles. The van der Waals surface area contributed by atoms with E-state index in [0.717, 1.165) is 13.1 Å². The smallest absolute Gasteiger partial charge is 0.131 e. The average molecular weight is 201 g/mol. The lowest BCUT2D eigenvalue weighted by Crippen LogP contribution is -2.48. The fraction of sp³-hybridized carbons (Fsp3) is 0.900. The molecular weight excluding hydrogens is 182 g/mol. The largest absolute Gasteiger partial charge is 0.394 e. The van der Waals surface area contributed by atoms with Crippen LogP contribution < -0.4 is 0 Å². The van der Waals surface area contributed by atoms with Crippen molar-refractivity contribution in [1.82, 2.24) is 4.90 Å². The molecule has 1 rings (SSSR count). The van der Waals surface area contributed by atoms with Crippen molar-refractivity contribution in [2.24, 2.45) is 0 Å². The van der Waals surface area contributed by atoms with Gasteiger partial charge in [0.15, 0.2) is 0 Å². The second-order valence-electron chi connectivity index (χ2n) is 3.93. The van der Waals surface area contributed by atoms with Gasteiger partial charge in [0.25, 0.3) is 0 Å². The topological polar surface area (TPSA) is 49.8 Å². The maximum Gasteiger partial charge on any atom is 0.131 e. The van der Waals surface area contributed by atoms with Crippen molar-refractivity contribution in [2.75, 3.05) is 26.3 Å². The molecule has 1 aliphatic heterocycles. The molecule has 0 aromatic carbocycles. The lowest BCUT2D eigenvalue weighted by Gasteiger charge is -2.35. The molecule has 0 spiro atoms. The van der Waals surface area contributed by atoms with Gasteiger partial charge in [-0.25, -0.2) is 0 Å². The predicted molar refractivity (Wildman–Crippen MR) is 53.2 cm³/mol. The van der Waals surface area contributed by atoms with Gasteiger partial charge in [0, 0.05) is 25.6 Å². The highest BCUT2D eigenvalue weighted by Crippen LogP contribution is 2.11. The summed E-state index contributed by atoms with van der Waals surface area (Å²) in [7, 11) is 0. The van der Waals surface area contributed by atoms with Gasteiger partial charge in [-0.05, 0) is 13.8 Å². The zero-order chi connectivity index (χ0) is 10.6. The maximum atomic E-state index is 10.9. The molecule has 0 radical (unpaired) electrons. The quantitative estimate of drug-likeness (QED) is 0.698. The van der Waals surface area contributed by atoms with Crippen molar-refractivity contribution in [3.63, 3.8) is 0 Å². The van der Waals surface area contributed by atoms with Gasteiger partial charge in [-0.1, -0.05) is 0 Å². The van der Waals surface area contributed by atoms with Crippen LogP contribution in [0.25, 0.3) is 0 Å². The summed E-state index contributed by atoms with van der Waals surface area (Å²) in [5.41, 5.74) is 0. The molecule has 1 fully saturated rings. The third-order valence-electron chi connectivity index (χ3n) is 2.58. The molecule has 0 saturated carbocycles. The fourth-order valence-electron chi connectivity index (χ4n) is 1.80. The number of nitrogens with zero attached hydrogens (tertiary/aromatic N) is 1. The van der Waals surface area contributed by atoms with Crippen LogP contribution in [0.1, 0.15) is 20.3 Å². The molecule has 4 nitrogen and oxygen atoms in total. The van der Waals surface area contributed by atoms with E-state index in [2.05, 4.69) is 4.90 Å². The SMILES string of the molecule is CC(=O)CC(C)N1CCOC(CO)C1. The van der Waals surface area contributed by atoms with E-state index in [-0.39, 0.29) is 24.5 Å². The molecule has 0 bridgehead atoms. The number of hydrogen-bond acceptors (Lipinski definition) is 4. The van der Waals surface area contributed by atoms with Gasteiger partial charge in [-0.15, -0.1) is 0 Å². The summed E-state index contributed by atoms with van der Waals surface area (Å²) in [5.74, 6) is 0.213. The number of carbonyl (C=O) groups is 1. The Morgan fingerprint density at radius 3 is 3.00 bits per heavy atom. The first-order chi connectivity index (χ1) is 6.63. The van der Waals surface area contributed by atoms with Crippen LogP contribution in [0.3, 0.4) is 0 Å². The minimum Gasteiger partial charge on any atom is -0.394 e. The number of aliphatic hydroxyl groups excluding tert-OH is 1. The molecule has 0 aromatic rings. The Kier molecular flexibility index (Phi) is 4.51. The van der Waals surface area contributed by atoms with Crippen LogP contribution in [-0.2, 0) is 9.53 Å². The predicted octanol–water partition coefficient (Wildman–Crippen LogP) is 0.0471. The average Bonchev–Trinajstić information content (AvgIpc) is 2.17. The van der Waals surface area contributed by atoms with Crippen LogP contribution in [0.2, 0.25) is 0 Å². The summed E-state index contributed by atoms with van der Waals surface area (Å²) in [4.78, 5) is 13.1. The lowest BCUT2D eigenvalue weighted by atomic mass is 10.1. The summed E-state index contributed by atoms with van der Waals surface area (Å²) in [5, 5.41) is 8.95. The van der Waals surface area contributed by atoms with Crippen molar-refractivity contribution in [3.05, 3.63) is 0 Å². The molecule has 2 unspecified atom stereocenters. The Hall–Kier alpha value is -0.450. The summed E-state index contributed by atoms with van der Waals surface area (Å²) >= 11 is 0. The van der Waals surface area contributed by atoms with Crippen LogP contribution in [0.5, 0.6) is 0 Å². The minimum absolute atomic E-state index is 0.0588. The second-order valence-corrected chi connectivity index (χ2v) is 3.93. The first-order valence-electron chi connectivity index (χ1n) is 5.09. The van der Waals surface area contributed by atoms with E-state index < -0.39 is 0 Å². The second kappa shape index (κ2) is 5.44. The van der Waals surface area contributed by atoms with Gasteiger partial charge in [0.1, 0.15) is 5.78 Å². The molecule has 0 amide bonds. The van der Waals surface area contributed by atoms with E-state index in [1.807, 2.05) is 6.92 Å². The number of rotatable bonds is 4. The number of hydrogen-bond donors (Lipinski definition) is 1. The van der Waals surface area contributed by atoms with E-state index in [1.54, 1.807) is 6.92 Å². The van der Waals surface area contributed by atoms with Crippen LogP contribution in [0.4, 0.5) is 0 Å². The standard InChI is InChI=1S/C10H19NO3/c1-8(5-9(2)13)11-3-4-14-10(6-11)7-12/h8,10,12H,3-7H2,1-2H3. The van der Waals surface area contributed by atoms with E-state index in [9.17, 15) is 4.79 Å². The molecule has 2 atom stereocenters. The van der Waals surface area contributed by atoms with Crippen LogP contribution in [-0.4, -0.2) is 54.2 Å². The van der Waals surface area contributed by atoms with E-state index in [0.29, 0.717) is 13.0 Å². The van der Waals surface area contributed by atoms with Crippen LogP contribution >= 0.6 is 0 Å². The third kappa shape index (κ3) is 3.36. The van der Waals surface area contributed by atoms with E-state index in [1.165, 1.54) is 0 Å². The van der Waals surface area contributed by atoms with Crippen molar-refractivity contribution in [3.8, 4) is 0 Å². The first kappa shape index (κ1) is 11.6. The molecule has 0 aromatic heterocycles. The number of Topliss-reactive ketones (excluding diaryl/α,β-unsaturated/α-hetero) is 1. The first-order valence-corrected chi connectivity index (χ1v) is 5.09. The number of aliphatic hydroxyl groups is 1. The van der Waals surface area contributed by atoms with Gasteiger partial charge < -0.3 is 9.84 Å². The Labute approximate surface area is 84.8 Å². The minimum atomic E-state index is -0.0850. The summed E-state index contributed by atoms with van der Waals surface area (Å²) in [6.07, 6.45) is 0.496. The summed E-state index contributed by atoms with van der Waals surface area (Å²) in [6.45, 7) is 5.94. The molecule has 1 aliphatic rings. The Balaban J connectivity index is 2.38. The highest BCUT2D eigenvalue weighted by Gasteiger charge is 2.23. The van der Waals surface area contributed by atoms with Gasteiger partial charge in [0.2, 0.25) is 0 Å². The van der Waals surface area contributed by atoms with Gasteiger partial charge in [-0.2, -0.15) is 0 Å². The molecule has 14 heavy (non-hydrogen) atoms. The third-order valence-corrected chi connectivity index (χ3v) is 2.58. The highest BCUT2D eigenvalue weighted by atomic mass is 16.5. The molecular formula is C10H19NO3. The van der Waals surface area contributed by atoms with Crippen LogP contribution in [0.15, 0.2) is 0 Å². The van der Waals surface area contributed by atoms with Gasteiger partial charge >= 0.3 is 0 Å². The Morgan fingerprint density at radius 2 is 2.43 bits per heavy atom. The van der Waals surface area contributed by atoms with E-state index in [4.69, 9.17) is 9.84 Å². The summed E-state index contributed by atoms with van der Waals surface area (Å²) < 4.78 is 5.34. The van der Waals surface area contributed by atoms with Gasteiger partial charge in [0.05, 0.1) is 19.3 Å². The number of carbonyl (C=O) groups excluding carboxylic acids is 1. The molecule has 82 valence electrons. The highest BCUT2D eigenvalue weighted by molar-refractivity contribution is 5.76. The molecule has 0 aliphatic carbocycles. The molecule has 1 heterocycles. The van der Waals surface area contributed by atoms with Crippen molar-refractivity contribution >= 4 is 5.78 Å². The fourth-order valence-corrected chi connectivity index (χ4v) is 1.80. The van der Waals surface area contributed by atoms with Gasteiger partial charge in [-0.3, -0.25) is 9.69 Å². The summed E-state index contributed by atoms with van der Waals surface area (Å²) in [6, 6.07) is 0.255. The zero-order valence-corrected chi connectivity index (χ0v) is 8.90. The zero-order valence-electron chi connectivity index (χ0n) is 8.90. The van der Waals surface area contributed by atoms with Crippen molar-refractivity contribution in [1.29, 1.82) is 0 Å². The van der Waals surface area contributed by atoms with Crippen molar-refractivity contribution < 1.29 is 14.6 Å². The number of morpholine rings is 1. The molecule has 1 N–H and O–H groups in total. The monoisotopic (exact) mass is 201 g/mol. The Bertz CT molecular complexity index is 196. The normalized spacial score (nSPS) is 26.1. The lowest BCUT2D eigenvalue weighted by molar-refractivity contribution is -0.119. The van der Waals surface area contributed by atoms with Crippen LogP contribution in [0, 0.1) is 0 Å².